The number of hydrogen-bond acceptors (Lipinski definition) is 7. The maximum absolute atomic E-state index is 12.7. The average molecular weight is 460 g/mol. The molecule has 2 heterocycles. The monoisotopic (exact) mass is 459 g/mol. The molecule has 0 spiro atoms. The molecule has 2 aromatic heterocycles. The zero-order valence-electron chi connectivity index (χ0n) is 18.0. The van der Waals surface area contributed by atoms with Gasteiger partial charge in [0.25, 0.3) is 5.56 Å². The van der Waals surface area contributed by atoms with Gasteiger partial charge in [-0.25, -0.2) is 9.78 Å². The Morgan fingerprint density at radius 1 is 1.23 bits per heavy atom. The number of para-hydroxylation sites is 1. The highest BCUT2D eigenvalue weighted by Crippen LogP contribution is 2.34. The Kier molecular flexibility index (Phi) is 7.50. The fourth-order valence-electron chi connectivity index (χ4n) is 3.34. The summed E-state index contributed by atoms with van der Waals surface area (Å²) in [6.07, 6.45) is 0.672. The molecule has 3 rings (SSSR count). The summed E-state index contributed by atoms with van der Waals surface area (Å²) in [5.41, 5.74) is 1.80. The Morgan fingerprint density at radius 3 is 2.65 bits per heavy atom. The lowest BCUT2D eigenvalue weighted by Crippen LogP contribution is -2.23. The van der Waals surface area contributed by atoms with E-state index in [2.05, 4.69) is 10.3 Å². The van der Waals surface area contributed by atoms with Crippen LogP contribution >= 0.6 is 23.1 Å². The SMILES string of the molecule is CCOC(=O)c1c(NC(=O)CSc2nc3ccccc3c(=O)n2CC)sc(C)c1CC. The summed E-state index contributed by atoms with van der Waals surface area (Å²) in [5, 5.41) is 4.39. The number of fused-ring (bicyclic) bond motifs is 1. The number of amides is 1. The largest absolute Gasteiger partial charge is 0.462 e. The van der Waals surface area contributed by atoms with Crippen molar-refractivity contribution in [1.82, 2.24) is 9.55 Å². The third kappa shape index (κ3) is 4.83. The van der Waals surface area contributed by atoms with Gasteiger partial charge in [-0.1, -0.05) is 30.8 Å². The molecule has 164 valence electrons. The van der Waals surface area contributed by atoms with Crippen LogP contribution in [-0.4, -0.2) is 33.8 Å². The number of nitrogens with one attached hydrogen (secondary N) is 1. The number of hydrogen-bond donors (Lipinski definition) is 1. The molecule has 0 fully saturated rings. The molecule has 1 N–H and O–H groups in total. The first-order valence-electron chi connectivity index (χ1n) is 10.1. The molecular formula is C22H25N3O4S2. The molecule has 1 amide bonds. The van der Waals surface area contributed by atoms with Crippen LogP contribution in [0.5, 0.6) is 0 Å². The van der Waals surface area contributed by atoms with E-state index in [1.165, 1.54) is 23.1 Å². The fourth-order valence-corrected chi connectivity index (χ4v) is 5.35. The molecule has 0 saturated carbocycles. The molecule has 1 aromatic carbocycles. The van der Waals surface area contributed by atoms with Gasteiger partial charge in [0, 0.05) is 11.4 Å². The summed E-state index contributed by atoms with van der Waals surface area (Å²) in [5.74, 6) is -0.641. The van der Waals surface area contributed by atoms with Crippen molar-refractivity contribution in [2.45, 2.75) is 45.8 Å². The van der Waals surface area contributed by atoms with Gasteiger partial charge >= 0.3 is 5.97 Å². The van der Waals surface area contributed by atoms with Crippen LogP contribution in [0, 0.1) is 6.92 Å². The van der Waals surface area contributed by atoms with Crippen molar-refractivity contribution in [1.29, 1.82) is 0 Å². The molecule has 3 aromatic rings. The molecule has 0 bridgehead atoms. The van der Waals surface area contributed by atoms with E-state index >= 15 is 0 Å². The van der Waals surface area contributed by atoms with E-state index in [1.54, 1.807) is 29.7 Å². The lowest BCUT2D eigenvalue weighted by Gasteiger charge is -2.11. The Morgan fingerprint density at radius 2 is 1.97 bits per heavy atom. The molecule has 0 radical (unpaired) electrons. The number of esters is 1. The number of rotatable bonds is 8. The number of thiophene rings is 1. The third-order valence-electron chi connectivity index (χ3n) is 4.77. The minimum absolute atomic E-state index is 0.0610. The number of nitrogens with zero attached hydrogens (tertiary/aromatic N) is 2. The predicted molar refractivity (Wildman–Crippen MR) is 125 cm³/mol. The van der Waals surface area contributed by atoms with Crippen molar-refractivity contribution >= 4 is 50.9 Å². The molecule has 7 nitrogen and oxygen atoms in total. The highest BCUT2D eigenvalue weighted by Gasteiger charge is 2.23. The van der Waals surface area contributed by atoms with Crippen LogP contribution in [0.25, 0.3) is 10.9 Å². The number of carbonyl (C=O) groups is 2. The minimum Gasteiger partial charge on any atom is -0.462 e. The van der Waals surface area contributed by atoms with Crippen LogP contribution in [0.1, 0.15) is 41.6 Å². The maximum Gasteiger partial charge on any atom is 0.341 e. The summed E-state index contributed by atoms with van der Waals surface area (Å²) < 4.78 is 6.75. The van der Waals surface area contributed by atoms with E-state index < -0.39 is 5.97 Å². The molecular weight excluding hydrogens is 434 g/mol. The second-order valence-corrected chi connectivity index (χ2v) is 8.88. The molecule has 0 aliphatic carbocycles. The zero-order valence-corrected chi connectivity index (χ0v) is 19.6. The van der Waals surface area contributed by atoms with Crippen LogP contribution in [0.4, 0.5) is 5.00 Å². The first kappa shape index (κ1) is 23.0. The van der Waals surface area contributed by atoms with Gasteiger partial charge in [-0.05, 0) is 44.9 Å². The summed E-state index contributed by atoms with van der Waals surface area (Å²) in [6.45, 7) is 8.24. The predicted octanol–water partition coefficient (Wildman–Crippen LogP) is 4.26. The zero-order chi connectivity index (χ0) is 22.5. The van der Waals surface area contributed by atoms with Gasteiger partial charge in [0.1, 0.15) is 5.00 Å². The second-order valence-electron chi connectivity index (χ2n) is 6.71. The van der Waals surface area contributed by atoms with Gasteiger partial charge in [0.05, 0.1) is 28.8 Å². The lowest BCUT2D eigenvalue weighted by molar-refractivity contribution is -0.113. The number of anilines is 1. The van der Waals surface area contributed by atoms with Crippen molar-refractivity contribution in [2.24, 2.45) is 0 Å². The topological polar surface area (TPSA) is 90.3 Å². The van der Waals surface area contributed by atoms with Crippen LogP contribution in [0.2, 0.25) is 0 Å². The van der Waals surface area contributed by atoms with E-state index in [0.29, 0.717) is 39.6 Å². The van der Waals surface area contributed by atoms with Gasteiger partial charge in [-0.3, -0.25) is 14.2 Å². The molecule has 0 unspecified atom stereocenters. The summed E-state index contributed by atoms with van der Waals surface area (Å²) >= 11 is 2.57. The van der Waals surface area contributed by atoms with Crippen molar-refractivity contribution < 1.29 is 14.3 Å². The minimum atomic E-state index is -0.428. The average Bonchev–Trinajstić information content (AvgIpc) is 3.07. The molecule has 0 aliphatic heterocycles. The molecule has 9 heteroatoms. The smallest absolute Gasteiger partial charge is 0.341 e. The Bertz CT molecular complexity index is 1180. The highest BCUT2D eigenvalue weighted by atomic mass is 32.2. The van der Waals surface area contributed by atoms with Gasteiger partial charge in [0.15, 0.2) is 5.16 Å². The Hall–Kier alpha value is -2.65. The third-order valence-corrected chi connectivity index (χ3v) is 6.81. The van der Waals surface area contributed by atoms with Crippen molar-refractivity contribution in [3.05, 3.63) is 50.6 Å². The van der Waals surface area contributed by atoms with Crippen LogP contribution in [0.3, 0.4) is 0 Å². The number of ether oxygens (including phenoxy) is 1. The number of benzene rings is 1. The van der Waals surface area contributed by atoms with Crippen molar-refractivity contribution in [3.63, 3.8) is 0 Å². The van der Waals surface area contributed by atoms with Crippen LogP contribution in [0.15, 0.2) is 34.2 Å². The van der Waals surface area contributed by atoms with Crippen LogP contribution in [-0.2, 0) is 22.5 Å². The molecule has 0 saturated heterocycles. The fraction of sp³-hybridized carbons (Fsp3) is 0.364. The standard InChI is InChI=1S/C22H25N3O4S2/c1-5-14-13(4)31-19(18(14)21(28)29-7-3)24-17(26)12-30-22-23-16-11-9-8-10-15(16)20(27)25(22)6-2/h8-11H,5-7,12H2,1-4H3,(H,24,26). The van der Waals surface area contributed by atoms with E-state index in [0.717, 1.165) is 10.4 Å². The van der Waals surface area contributed by atoms with Crippen molar-refractivity contribution in [2.75, 3.05) is 17.7 Å². The highest BCUT2D eigenvalue weighted by molar-refractivity contribution is 7.99. The summed E-state index contributed by atoms with van der Waals surface area (Å²) in [4.78, 5) is 43.4. The number of aromatic nitrogens is 2. The molecule has 0 atom stereocenters. The van der Waals surface area contributed by atoms with E-state index in [-0.39, 0.29) is 23.8 Å². The Balaban J connectivity index is 1.82. The van der Waals surface area contributed by atoms with Crippen molar-refractivity contribution in [3.8, 4) is 0 Å². The first-order chi connectivity index (χ1) is 14.9. The maximum atomic E-state index is 12.7. The van der Waals surface area contributed by atoms with Gasteiger partial charge in [-0.2, -0.15) is 0 Å². The Labute approximate surface area is 188 Å². The second kappa shape index (κ2) is 10.1. The van der Waals surface area contributed by atoms with E-state index in [1.807, 2.05) is 26.8 Å². The normalized spacial score (nSPS) is 11.0. The molecule has 0 aliphatic rings. The van der Waals surface area contributed by atoms with E-state index in [4.69, 9.17) is 4.74 Å². The van der Waals surface area contributed by atoms with Gasteiger partial charge in [0.2, 0.25) is 5.91 Å². The van der Waals surface area contributed by atoms with E-state index in [9.17, 15) is 14.4 Å². The number of aryl methyl sites for hydroxylation is 1. The quantitative estimate of drug-likeness (QED) is 0.308. The lowest BCUT2D eigenvalue weighted by atomic mass is 10.1. The van der Waals surface area contributed by atoms with Gasteiger partial charge in [-0.15, -0.1) is 11.3 Å². The number of thioether (sulfide) groups is 1. The first-order valence-corrected chi connectivity index (χ1v) is 11.9. The van der Waals surface area contributed by atoms with Gasteiger partial charge < -0.3 is 10.1 Å². The van der Waals surface area contributed by atoms with Crippen LogP contribution < -0.4 is 10.9 Å². The molecule has 31 heavy (non-hydrogen) atoms. The summed E-state index contributed by atoms with van der Waals surface area (Å²) in [6, 6.07) is 7.17. The summed E-state index contributed by atoms with van der Waals surface area (Å²) in [7, 11) is 0. The number of carbonyl (C=O) groups excluding carboxylic acids is 2.